The number of amides is 1. The predicted molar refractivity (Wildman–Crippen MR) is 167 cm³/mol. The van der Waals surface area contributed by atoms with Gasteiger partial charge in [0, 0.05) is 41.2 Å². The molecule has 0 unspecified atom stereocenters. The first-order chi connectivity index (χ1) is 20.4. The zero-order valence-corrected chi connectivity index (χ0v) is 24.9. The summed E-state index contributed by atoms with van der Waals surface area (Å²) in [7, 11) is 2.06. The van der Waals surface area contributed by atoms with E-state index in [1.54, 1.807) is 29.8 Å². The minimum atomic E-state index is -0.251. The third-order valence-corrected chi connectivity index (χ3v) is 8.96. The predicted octanol–water partition coefficient (Wildman–Crippen LogP) is 6.14. The number of anilines is 2. The molecule has 0 fully saturated rings. The number of fused-ring (bicyclic) bond motifs is 4. The molecule has 10 heteroatoms. The molecule has 0 saturated carbocycles. The molecule has 1 aliphatic heterocycles. The summed E-state index contributed by atoms with van der Waals surface area (Å²) >= 11 is 1.64. The molecule has 1 amide bonds. The van der Waals surface area contributed by atoms with Crippen molar-refractivity contribution in [1.29, 1.82) is 0 Å². The second kappa shape index (κ2) is 12.0. The lowest BCUT2D eigenvalue weighted by molar-refractivity contribution is -0.126. The van der Waals surface area contributed by atoms with Crippen LogP contribution in [0.3, 0.4) is 0 Å². The molecule has 6 rings (SSSR count). The topological polar surface area (TPSA) is 79.2 Å². The van der Waals surface area contributed by atoms with Crippen LogP contribution in [0.15, 0.2) is 67.1 Å². The first-order valence-corrected chi connectivity index (χ1v) is 15.1. The monoisotopic (exact) mass is 583 g/mol. The Morgan fingerprint density at radius 3 is 2.93 bits per heavy atom. The van der Waals surface area contributed by atoms with E-state index >= 15 is 0 Å². The Bertz CT molecular complexity index is 1780. The van der Waals surface area contributed by atoms with Crippen LogP contribution in [0.4, 0.5) is 15.9 Å². The molecule has 0 spiro atoms. The van der Waals surface area contributed by atoms with E-state index in [1.807, 2.05) is 46.1 Å². The maximum absolute atomic E-state index is 13.7. The van der Waals surface area contributed by atoms with E-state index < -0.39 is 0 Å². The van der Waals surface area contributed by atoms with E-state index in [2.05, 4.69) is 46.2 Å². The lowest BCUT2D eigenvalue weighted by Crippen LogP contribution is -2.30. The molecular formula is C32H34FN7OS. The summed E-state index contributed by atoms with van der Waals surface area (Å²) in [6.45, 7) is 6.82. The number of aryl methyl sites for hydroxylation is 1. The second-order valence-electron chi connectivity index (χ2n) is 11.0. The molecule has 8 nitrogen and oxygen atoms in total. The molecule has 5 aromatic rings. The van der Waals surface area contributed by atoms with E-state index in [1.165, 1.54) is 22.6 Å². The van der Waals surface area contributed by atoms with Gasteiger partial charge < -0.3 is 15.1 Å². The number of likely N-dealkylation sites (N-methyl/N-ethyl adjacent to an activating group) is 1. The minimum absolute atomic E-state index is 0.0492. The minimum Gasteiger partial charge on any atom is -0.340 e. The van der Waals surface area contributed by atoms with Crippen LogP contribution in [-0.2, 0) is 24.3 Å². The molecule has 0 radical (unpaired) electrons. The molecule has 0 bridgehead atoms. The molecule has 2 aromatic carbocycles. The third kappa shape index (κ3) is 5.91. The van der Waals surface area contributed by atoms with Crippen LogP contribution in [-0.4, -0.2) is 61.6 Å². The SMILES string of the molecule is CC(C)N(C)C/C=C/C(=O)N1CCCc2c(sc3ncnc(Nc4ccc5c(cnn5Cc5cccc(F)c5)c4)c23)C1. The van der Waals surface area contributed by atoms with Gasteiger partial charge in [-0.2, -0.15) is 5.10 Å². The highest BCUT2D eigenvalue weighted by Crippen LogP contribution is 2.38. The fourth-order valence-corrected chi connectivity index (χ4v) is 6.49. The highest BCUT2D eigenvalue weighted by atomic mass is 32.1. The summed E-state index contributed by atoms with van der Waals surface area (Å²) in [6.07, 6.45) is 8.83. The van der Waals surface area contributed by atoms with Crippen LogP contribution in [0.1, 0.15) is 36.3 Å². The molecule has 0 atom stereocenters. The van der Waals surface area contributed by atoms with Gasteiger partial charge in [0.2, 0.25) is 5.91 Å². The van der Waals surface area contributed by atoms with Gasteiger partial charge in [0.15, 0.2) is 0 Å². The van der Waals surface area contributed by atoms with Crippen LogP contribution < -0.4 is 5.32 Å². The van der Waals surface area contributed by atoms with Gasteiger partial charge in [0.1, 0.15) is 22.8 Å². The third-order valence-electron chi connectivity index (χ3n) is 7.83. The zero-order valence-electron chi connectivity index (χ0n) is 24.0. The number of thiophene rings is 1. The number of aromatic nitrogens is 4. The van der Waals surface area contributed by atoms with Crippen molar-refractivity contribution in [3.63, 3.8) is 0 Å². The maximum atomic E-state index is 13.7. The molecule has 3 aromatic heterocycles. The van der Waals surface area contributed by atoms with E-state index in [4.69, 9.17) is 0 Å². The molecule has 42 heavy (non-hydrogen) atoms. The summed E-state index contributed by atoms with van der Waals surface area (Å²) in [6, 6.07) is 13.1. The standard InChI is InChI=1S/C32H34FN7OS/c1-21(2)38(3)13-6-10-29(41)39-14-5-9-26-28(19-39)42-32-30(26)31(34-20-35-32)37-25-11-12-27-23(16-25)17-36-40(27)18-22-7-4-8-24(33)15-22/h4,6-8,10-12,15-17,20-21H,5,9,13-14,18-19H2,1-3H3,(H,34,35,37)/b10-6+. The summed E-state index contributed by atoms with van der Waals surface area (Å²) < 4.78 is 15.5. The van der Waals surface area contributed by atoms with Crippen LogP contribution in [0.5, 0.6) is 0 Å². The lowest BCUT2D eigenvalue weighted by atomic mass is 10.1. The lowest BCUT2D eigenvalue weighted by Gasteiger charge is -2.20. The Morgan fingerprint density at radius 1 is 1.21 bits per heavy atom. The Hall–Kier alpha value is -4.15. The van der Waals surface area contributed by atoms with Gasteiger partial charge in [-0.05, 0) is 75.2 Å². The average molecular weight is 584 g/mol. The summed E-state index contributed by atoms with van der Waals surface area (Å²) in [5.74, 6) is 0.563. The zero-order chi connectivity index (χ0) is 29.2. The van der Waals surface area contributed by atoms with Gasteiger partial charge in [-0.3, -0.25) is 9.48 Å². The first kappa shape index (κ1) is 28.0. The number of nitrogens with zero attached hydrogens (tertiary/aromatic N) is 6. The maximum Gasteiger partial charge on any atom is 0.246 e. The fraction of sp³-hybridized carbons (Fsp3) is 0.312. The van der Waals surface area contributed by atoms with Gasteiger partial charge in [0.25, 0.3) is 0 Å². The molecule has 0 aliphatic carbocycles. The molecule has 4 heterocycles. The van der Waals surface area contributed by atoms with Gasteiger partial charge in [-0.15, -0.1) is 11.3 Å². The molecule has 216 valence electrons. The summed E-state index contributed by atoms with van der Waals surface area (Å²) in [4.78, 5) is 28.4. The fourth-order valence-electron chi connectivity index (χ4n) is 5.28. The number of nitrogens with one attached hydrogen (secondary N) is 1. The van der Waals surface area contributed by atoms with E-state index in [9.17, 15) is 9.18 Å². The smallest absolute Gasteiger partial charge is 0.246 e. The van der Waals surface area contributed by atoms with Crippen LogP contribution in [0.25, 0.3) is 21.1 Å². The Balaban J connectivity index is 1.22. The van der Waals surface area contributed by atoms with Crippen molar-refractivity contribution in [2.75, 3.05) is 25.5 Å². The van der Waals surface area contributed by atoms with Crippen molar-refractivity contribution in [2.45, 2.75) is 45.8 Å². The summed E-state index contributed by atoms with van der Waals surface area (Å²) in [5.41, 5.74) is 3.95. The van der Waals surface area contributed by atoms with E-state index in [0.29, 0.717) is 19.1 Å². The number of hydrogen-bond acceptors (Lipinski definition) is 7. The number of rotatable bonds is 8. The van der Waals surface area contributed by atoms with Gasteiger partial charge in [-0.1, -0.05) is 18.2 Å². The van der Waals surface area contributed by atoms with Crippen molar-refractivity contribution < 1.29 is 9.18 Å². The van der Waals surface area contributed by atoms with Crippen molar-refractivity contribution in [3.05, 3.63) is 89.0 Å². The van der Waals surface area contributed by atoms with E-state index in [0.717, 1.165) is 64.1 Å². The number of hydrogen-bond donors (Lipinski definition) is 1. The molecule has 1 N–H and O–H groups in total. The van der Waals surface area contributed by atoms with Crippen molar-refractivity contribution in [1.82, 2.24) is 29.5 Å². The highest BCUT2D eigenvalue weighted by molar-refractivity contribution is 7.19. The van der Waals surface area contributed by atoms with Gasteiger partial charge in [0.05, 0.1) is 30.2 Å². The Labute approximate surface area is 248 Å². The molecule has 0 saturated heterocycles. The van der Waals surface area contributed by atoms with Crippen LogP contribution in [0.2, 0.25) is 0 Å². The number of benzene rings is 2. The number of carbonyl (C=O) groups is 1. The quantitative estimate of drug-likeness (QED) is 0.221. The van der Waals surface area contributed by atoms with Crippen molar-refractivity contribution >= 4 is 49.9 Å². The normalized spacial score (nSPS) is 13.9. The van der Waals surface area contributed by atoms with Gasteiger partial charge >= 0.3 is 0 Å². The average Bonchev–Trinajstić information content (AvgIpc) is 3.45. The summed E-state index contributed by atoms with van der Waals surface area (Å²) in [5, 5.41) is 10.1. The number of carbonyl (C=O) groups excluding carboxylic acids is 1. The number of halogens is 1. The Morgan fingerprint density at radius 2 is 2.10 bits per heavy atom. The van der Waals surface area contributed by atoms with E-state index in [-0.39, 0.29) is 11.7 Å². The van der Waals surface area contributed by atoms with Crippen molar-refractivity contribution in [3.8, 4) is 0 Å². The second-order valence-corrected chi connectivity index (χ2v) is 12.1. The Kier molecular flexibility index (Phi) is 7.99. The largest absolute Gasteiger partial charge is 0.340 e. The van der Waals surface area contributed by atoms with Crippen LogP contribution in [0, 0.1) is 5.82 Å². The van der Waals surface area contributed by atoms with Crippen molar-refractivity contribution in [2.24, 2.45) is 0 Å². The highest BCUT2D eigenvalue weighted by Gasteiger charge is 2.24. The van der Waals surface area contributed by atoms with Crippen LogP contribution >= 0.6 is 11.3 Å². The molecule has 1 aliphatic rings. The molecular weight excluding hydrogens is 549 g/mol. The van der Waals surface area contributed by atoms with Gasteiger partial charge in [-0.25, -0.2) is 14.4 Å². The first-order valence-electron chi connectivity index (χ1n) is 14.2.